The molecule has 124 valence electrons. The van der Waals surface area contributed by atoms with Crippen molar-refractivity contribution in [2.75, 3.05) is 38.2 Å². The number of anilines is 1. The van der Waals surface area contributed by atoms with Crippen LogP contribution in [0.4, 0.5) is 5.82 Å². The molecule has 3 heterocycles. The minimum Gasteiger partial charge on any atom is -0.468 e. The SMILES string of the molecule is [2H]C([2H])([2H])Oc1nc2c(N3CCOCC3)ncnc2n1Cc1ccccc1. The van der Waals surface area contributed by atoms with Gasteiger partial charge in [-0.15, -0.1) is 0 Å². The van der Waals surface area contributed by atoms with Gasteiger partial charge in [0.2, 0.25) is 0 Å². The summed E-state index contributed by atoms with van der Waals surface area (Å²) in [6.45, 7) is 2.98. The van der Waals surface area contributed by atoms with E-state index in [1.165, 1.54) is 6.33 Å². The normalized spacial score (nSPS) is 17.3. The smallest absolute Gasteiger partial charge is 0.298 e. The number of nitrogens with zero attached hydrogens (tertiary/aromatic N) is 5. The summed E-state index contributed by atoms with van der Waals surface area (Å²) in [5.74, 6) is 0.658. The number of imidazole rings is 1. The minimum atomic E-state index is -2.61. The van der Waals surface area contributed by atoms with Crippen molar-refractivity contribution in [3.8, 4) is 6.01 Å². The predicted octanol–water partition coefficient (Wildman–Crippen LogP) is 1.72. The number of morpholine rings is 1. The fraction of sp³-hybridized carbons (Fsp3) is 0.353. The Labute approximate surface area is 144 Å². The van der Waals surface area contributed by atoms with E-state index in [0.29, 0.717) is 49.8 Å². The van der Waals surface area contributed by atoms with Gasteiger partial charge in [0, 0.05) is 13.1 Å². The number of ether oxygens (including phenoxy) is 2. The number of hydrogen-bond donors (Lipinski definition) is 0. The summed E-state index contributed by atoms with van der Waals surface area (Å²) in [6.07, 6.45) is 1.47. The monoisotopic (exact) mass is 328 g/mol. The molecule has 0 radical (unpaired) electrons. The van der Waals surface area contributed by atoms with Crippen molar-refractivity contribution in [3.05, 3.63) is 42.2 Å². The highest BCUT2D eigenvalue weighted by atomic mass is 16.5. The number of fused-ring (bicyclic) bond motifs is 1. The largest absolute Gasteiger partial charge is 0.468 e. The molecule has 24 heavy (non-hydrogen) atoms. The summed E-state index contributed by atoms with van der Waals surface area (Å²) in [5, 5.41) is 0. The molecule has 1 aliphatic heterocycles. The van der Waals surface area contributed by atoms with E-state index in [4.69, 9.17) is 13.6 Å². The Balaban J connectivity index is 1.81. The molecule has 0 spiro atoms. The van der Waals surface area contributed by atoms with Crippen molar-refractivity contribution in [3.63, 3.8) is 0 Å². The van der Waals surface area contributed by atoms with Crippen LogP contribution in [0, 0.1) is 0 Å². The van der Waals surface area contributed by atoms with Crippen molar-refractivity contribution in [1.29, 1.82) is 0 Å². The van der Waals surface area contributed by atoms with Gasteiger partial charge in [0.1, 0.15) is 6.33 Å². The van der Waals surface area contributed by atoms with E-state index in [-0.39, 0.29) is 6.01 Å². The number of methoxy groups -OCH3 is 1. The van der Waals surface area contributed by atoms with E-state index >= 15 is 0 Å². The Hall–Kier alpha value is -2.67. The molecule has 1 fully saturated rings. The molecule has 2 aromatic heterocycles. The van der Waals surface area contributed by atoms with E-state index in [0.717, 1.165) is 5.56 Å². The van der Waals surface area contributed by atoms with Gasteiger partial charge in [-0.3, -0.25) is 4.57 Å². The molecule has 0 amide bonds. The van der Waals surface area contributed by atoms with Gasteiger partial charge >= 0.3 is 0 Å². The third-order valence-electron chi connectivity index (χ3n) is 4.06. The van der Waals surface area contributed by atoms with E-state index in [2.05, 4.69) is 19.9 Å². The number of benzene rings is 1. The second-order valence-corrected chi connectivity index (χ2v) is 5.54. The molecule has 7 nitrogen and oxygen atoms in total. The van der Waals surface area contributed by atoms with E-state index in [9.17, 15) is 0 Å². The zero-order valence-electron chi connectivity index (χ0n) is 16.1. The van der Waals surface area contributed by atoms with Crippen LogP contribution in [0.5, 0.6) is 6.01 Å². The van der Waals surface area contributed by atoms with Gasteiger partial charge in [0.25, 0.3) is 6.01 Å². The molecule has 3 aromatic rings. The third-order valence-corrected chi connectivity index (χ3v) is 4.06. The van der Waals surface area contributed by atoms with Gasteiger partial charge in [0.15, 0.2) is 17.0 Å². The number of aromatic nitrogens is 4. The average Bonchev–Trinajstić information content (AvgIpc) is 2.99. The van der Waals surface area contributed by atoms with Crippen molar-refractivity contribution in [1.82, 2.24) is 19.5 Å². The van der Waals surface area contributed by atoms with Crippen molar-refractivity contribution in [2.24, 2.45) is 0 Å². The molecule has 0 N–H and O–H groups in total. The summed E-state index contributed by atoms with van der Waals surface area (Å²) < 4.78 is 34.6. The van der Waals surface area contributed by atoms with Gasteiger partial charge in [-0.25, -0.2) is 9.97 Å². The minimum absolute atomic E-state index is 0.00358. The quantitative estimate of drug-likeness (QED) is 0.726. The second kappa shape index (κ2) is 6.45. The van der Waals surface area contributed by atoms with Gasteiger partial charge in [-0.1, -0.05) is 30.3 Å². The first-order valence-electron chi connectivity index (χ1n) is 9.28. The predicted molar refractivity (Wildman–Crippen MR) is 90.5 cm³/mol. The lowest BCUT2D eigenvalue weighted by atomic mass is 10.2. The standard InChI is InChI=1S/C17H19N5O2/c1-23-17-20-14-15(21-7-9-24-10-8-21)18-12-19-16(14)22(17)11-13-5-3-2-4-6-13/h2-6,12H,7-11H2,1H3/i1D3. The van der Waals surface area contributed by atoms with Crippen LogP contribution in [0.25, 0.3) is 11.2 Å². The van der Waals surface area contributed by atoms with Gasteiger partial charge in [0.05, 0.1) is 30.9 Å². The van der Waals surface area contributed by atoms with Crippen molar-refractivity contribution >= 4 is 17.0 Å². The molecule has 1 aliphatic rings. The lowest BCUT2D eigenvalue weighted by Gasteiger charge is -2.27. The van der Waals surface area contributed by atoms with Crippen LogP contribution in [-0.2, 0) is 11.3 Å². The van der Waals surface area contributed by atoms with Gasteiger partial charge < -0.3 is 14.4 Å². The first-order valence-corrected chi connectivity index (χ1v) is 7.78. The molecular formula is C17H19N5O2. The number of hydrogen-bond acceptors (Lipinski definition) is 6. The van der Waals surface area contributed by atoms with Crippen LogP contribution >= 0.6 is 0 Å². The summed E-state index contributed by atoms with van der Waals surface area (Å²) >= 11 is 0. The molecule has 0 unspecified atom stereocenters. The number of rotatable bonds is 4. The van der Waals surface area contributed by atoms with Crippen molar-refractivity contribution < 1.29 is 13.6 Å². The van der Waals surface area contributed by atoms with Crippen LogP contribution < -0.4 is 9.64 Å². The molecule has 4 rings (SSSR count). The highest BCUT2D eigenvalue weighted by Gasteiger charge is 2.21. The summed E-state index contributed by atoms with van der Waals surface area (Å²) in [7, 11) is -2.61. The Morgan fingerprint density at radius 2 is 2.04 bits per heavy atom. The highest BCUT2D eigenvalue weighted by Crippen LogP contribution is 2.27. The second-order valence-electron chi connectivity index (χ2n) is 5.54. The topological polar surface area (TPSA) is 65.3 Å². The molecule has 1 aromatic carbocycles. The summed E-state index contributed by atoms with van der Waals surface area (Å²) in [4.78, 5) is 15.2. The molecule has 0 aliphatic carbocycles. The van der Waals surface area contributed by atoms with Gasteiger partial charge in [-0.05, 0) is 5.56 Å². The molecule has 7 heteroatoms. The lowest BCUT2D eigenvalue weighted by Crippen LogP contribution is -2.36. The van der Waals surface area contributed by atoms with E-state index in [1.54, 1.807) is 4.57 Å². The summed E-state index contributed by atoms with van der Waals surface area (Å²) in [6, 6.07) is 9.68. The highest BCUT2D eigenvalue weighted by molar-refractivity contribution is 5.84. The van der Waals surface area contributed by atoms with Crippen molar-refractivity contribution in [2.45, 2.75) is 6.54 Å². The first-order chi connectivity index (χ1) is 13.0. The molecular weight excluding hydrogens is 306 g/mol. The van der Waals surface area contributed by atoms with E-state index < -0.39 is 7.04 Å². The molecule has 1 saturated heterocycles. The first kappa shape index (κ1) is 11.8. The fourth-order valence-electron chi connectivity index (χ4n) is 2.90. The lowest BCUT2D eigenvalue weighted by molar-refractivity contribution is 0.122. The van der Waals surface area contributed by atoms with Crippen LogP contribution in [0.15, 0.2) is 36.7 Å². The Morgan fingerprint density at radius 3 is 2.83 bits per heavy atom. The Kier molecular flexibility index (Phi) is 3.17. The maximum Gasteiger partial charge on any atom is 0.298 e. The van der Waals surface area contributed by atoms with E-state index in [1.807, 2.05) is 30.3 Å². The summed E-state index contributed by atoms with van der Waals surface area (Å²) in [5.41, 5.74) is 2.04. The van der Waals surface area contributed by atoms with Crippen LogP contribution in [0.1, 0.15) is 9.68 Å². The van der Waals surface area contributed by atoms with Crippen LogP contribution in [-0.4, -0.2) is 52.9 Å². The zero-order chi connectivity index (χ0) is 18.9. The van der Waals surface area contributed by atoms with Crippen LogP contribution in [0.2, 0.25) is 0 Å². The fourth-order valence-corrected chi connectivity index (χ4v) is 2.90. The molecule has 0 saturated carbocycles. The Morgan fingerprint density at radius 1 is 1.21 bits per heavy atom. The average molecular weight is 328 g/mol. The maximum absolute atomic E-state index is 7.46. The zero-order valence-corrected chi connectivity index (χ0v) is 13.1. The molecule has 0 bridgehead atoms. The van der Waals surface area contributed by atoms with Gasteiger partial charge in [-0.2, -0.15) is 4.98 Å². The molecule has 0 atom stereocenters. The Bertz CT molecular complexity index is 923. The third kappa shape index (κ3) is 2.67. The van der Waals surface area contributed by atoms with Crippen LogP contribution in [0.3, 0.4) is 0 Å². The maximum atomic E-state index is 7.46.